The first-order valence-corrected chi connectivity index (χ1v) is 7.70. The Hall–Kier alpha value is -2.05. The van der Waals surface area contributed by atoms with Gasteiger partial charge in [-0.25, -0.2) is 4.98 Å². The molecular weight excluding hydrogens is 296 g/mol. The van der Waals surface area contributed by atoms with Gasteiger partial charge in [0, 0.05) is 25.7 Å². The van der Waals surface area contributed by atoms with E-state index in [9.17, 15) is 0 Å². The molecule has 0 aliphatic carbocycles. The summed E-state index contributed by atoms with van der Waals surface area (Å²) in [5.41, 5.74) is 1.78. The number of oxazole rings is 1. The van der Waals surface area contributed by atoms with Gasteiger partial charge in [-0.1, -0.05) is 0 Å². The first-order valence-electron chi connectivity index (χ1n) is 7.70. The van der Waals surface area contributed by atoms with E-state index in [0.717, 1.165) is 55.6 Å². The molecule has 124 valence electrons. The van der Waals surface area contributed by atoms with Crippen LogP contribution in [0.1, 0.15) is 11.5 Å². The first kappa shape index (κ1) is 15.8. The summed E-state index contributed by atoms with van der Waals surface area (Å²) in [4.78, 5) is 6.99. The summed E-state index contributed by atoms with van der Waals surface area (Å²) < 4.78 is 21.9. The van der Waals surface area contributed by atoms with Crippen molar-refractivity contribution >= 4 is 0 Å². The molecule has 1 aromatic heterocycles. The summed E-state index contributed by atoms with van der Waals surface area (Å²) in [6.45, 7) is 6.12. The van der Waals surface area contributed by atoms with Crippen molar-refractivity contribution in [2.45, 2.75) is 13.5 Å². The molecule has 2 heterocycles. The van der Waals surface area contributed by atoms with Crippen molar-refractivity contribution in [3.05, 3.63) is 29.7 Å². The Balaban J connectivity index is 1.85. The topological polar surface area (TPSA) is 57.0 Å². The standard InChI is InChI=1S/C17H22N2O4/c1-12-15(11-19-6-8-22-9-7-19)18-17(23-12)14-5-4-13(20-2)10-16(14)21-3/h4-5,10H,6-9,11H2,1-3H3. The van der Waals surface area contributed by atoms with E-state index in [2.05, 4.69) is 9.88 Å². The zero-order valence-corrected chi connectivity index (χ0v) is 13.8. The Morgan fingerprint density at radius 3 is 2.65 bits per heavy atom. The molecule has 23 heavy (non-hydrogen) atoms. The van der Waals surface area contributed by atoms with Crippen LogP contribution >= 0.6 is 0 Å². The lowest BCUT2D eigenvalue weighted by molar-refractivity contribution is 0.0335. The Labute approximate surface area is 136 Å². The van der Waals surface area contributed by atoms with Crippen LogP contribution in [0.2, 0.25) is 0 Å². The zero-order chi connectivity index (χ0) is 16.2. The molecule has 1 saturated heterocycles. The predicted molar refractivity (Wildman–Crippen MR) is 85.9 cm³/mol. The summed E-state index contributed by atoms with van der Waals surface area (Å²) in [7, 11) is 3.26. The number of methoxy groups -OCH3 is 2. The highest BCUT2D eigenvalue weighted by Gasteiger charge is 2.19. The molecule has 1 fully saturated rings. The van der Waals surface area contributed by atoms with Gasteiger partial charge in [-0.05, 0) is 19.1 Å². The minimum atomic E-state index is 0.574. The molecule has 1 aliphatic heterocycles. The van der Waals surface area contributed by atoms with Crippen molar-refractivity contribution < 1.29 is 18.6 Å². The van der Waals surface area contributed by atoms with Crippen molar-refractivity contribution in [1.82, 2.24) is 9.88 Å². The van der Waals surface area contributed by atoms with Crippen LogP contribution in [0.3, 0.4) is 0 Å². The number of aryl methyl sites for hydroxylation is 1. The summed E-state index contributed by atoms with van der Waals surface area (Å²) >= 11 is 0. The van der Waals surface area contributed by atoms with Crippen LogP contribution in [0.5, 0.6) is 11.5 Å². The number of hydrogen-bond donors (Lipinski definition) is 0. The molecular formula is C17H22N2O4. The monoisotopic (exact) mass is 318 g/mol. The number of morpholine rings is 1. The van der Waals surface area contributed by atoms with E-state index in [1.54, 1.807) is 14.2 Å². The molecule has 2 aromatic rings. The summed E-state index contributed by atoms with van der Waals surface area (Å²) in [5.74, 6) is 2.83. The van der Waals surface area contributed by atoms with E-state index in [4.69, 9.17) is 18.6 Å². The Kier molecular flexibility index (Phi) is 4.83. The molecule has 0 saturated carbocycles. The van der Waals surface area contributed by atoms with Gasteiger partial charge in [-0.3, -0.25) is 4.90 Å². The van der Waals surface area contributed by atoms with Crippen LogP contribution in [0, 0.1) is 6.92 Å². The van der Waals surface area contributed by atoms with Crippen LogP contribution in [0.25, 0.3) is 11.5 Å². The quantitative estimate of drug-likeness (QED) is 0.844. The van der Waals surface area contributed by atoms with Gasteiger partial charge in [0.05, 0.1) is 38.7 Å². The van der Waals surface area contributed by atoms with Crippen LogP contribution in [-0.2, 0) is 11.3 Å². The number of rotatable bonds is 5. The number of nitrogens with zero attached hydrogens (tertiary/aromatic N) is 2. The average molecular weight is 318 g/mol. The van der Waals surface area contributed by atoms with Gasteiger partial charge in [0.15, 0.2) is 0 Å². The fourth-order valence-electron chi connectivity index (χ4n) is 2.64. The second-order valence-corrected chi connectivity index (χ2v) is 5.48. The Morgan fingerprint density at radius 2 is 1.96 bits per heavy atom. The highest BCUT2D eigenvalue weighted by atomic mass is 16.5. The van der Waals surface area contributed by atoms with E-state index in [0.29, 0.717) is 11.6 Å². The highest BCUT2D eigenvalue weighted by molar-refractivity contribution is 5.65. The molecule has 0 radical (unpaired) electrons. The molecule has 0 bridgehead atoms. The maximum atomic E-state index is 5.87. The van der Waals surface area contributed by atoms with Crippen LogP contribution in [0.4, 0.5) is 0 Å². The molecule has 0 unspecified atom stereocenters. The second-order valence-electron chi connectivity index (χ2n) is 5.48. The molecule has 1 aromatic carbocycles. The van der Waals surface area contributed by atoms with Gasteiger partial charge in [0.25, 0.3) is 0 Å². The molecule has 0 spiro atoms. The summed E-state index contributed by atoms with van der Waals surface area (Å²) in [5, 5.41) is 0. The Morgan fingerprint density at radius 1 is 1.17 bits per heavy atom. The fraction of sp³-hybridized carbons (Fsp3) is 0.471. The average Bonchev–Trinajstić information content (AvgIpc) is 2.95. The minimum absolute atomic E-state index is 0.574. The van der Waals surface area contributed by atoms with Gasteiger partial charge in [-0.15, -0.1) is 0 Å². The predicted octanol–water partition coefficient (Wildman–Crippen LogP) is 2.50. The summed E-state index contributed by atoms with van der Waals surface area (Å²) in [6.07, 6.45) is 0. The normalized spacial score (nSPS) is 15.6. The minimum Gasteiger partial charge on any atom is -0.497 e. The SMILES string of the molecule is COc1ccc(-c2nc(CN3CCOCC3)c(C)o2)c(OC)c1. The molecule has 0 amide bonds. The number of ether oxygens (including phenoxy) is 3. The van der Waals surface area contributed by atoms with Crippen molar-refractivity contribution in [1.29, 1.82) is 0 Å². The smallest absolute Gasteiger partial charge is 0.230 e. The van der Waals surface area contributed by atoms with Crippen molar-refractivity contribution in [2.75, 3.05) is 40.5 Å². The lowest BCUT2D eigenvalue weighted by atomic mass is 10.2. The lowest BCUT2D eigenvalue weighted by Gasteiger charge is -2.25. The van der Waals surface area contributed by atoms with E-state index in [1.807, 2.05) is 25.1 Å². The number of hydrogen-bond acceptors (Lipinski definition) is 6. The van der Waals surface area contributed by atoms with Crippen LogP contribution in [-0.4, -0.2) is 50.4 Å². The number of benzene rings is 1. The van der Waals surface area contributed by atoms with Gasteiger partial charge < -0.3 is 18.6 Å². The van der Waals surface area contributed by atoms with E-state index < -0.39 is 0 Å². The highest BCUT2D eigenvalue weighted by Crippen LogP contribution is 2.33. The van der Waals surface area contributed by atoms with Crippen molar-refractivity contribution in [3.8, 4) is 23.0 Å². The van der Waals surface area contributed by atoms with Gasteiger partial charge in [-0.2, -0.15) is 0 Å². The van der Waals surface area contributed by atoms with Crippen LogP contribution in [0.15, 0.2) is 22.6 Å². The first-order chi connectivity index (χ1) is 11.2. The molecule has 6 nitrogen and oxygen atoms in total. The molecule has 1 aliphatic rings. The van der Waals surface area contributed by atoms with Crippen LogP contribution < -0.4 is 9.47 Å². The molecule has 0 atom stereocenters. The zero-order valence-electron chi connectivity index (χ0n) is 13.8. The molecule has 0 N–H and O–H groups in total. The summed E-state index contributed by atoms with van der Waals surface area (Å²) in [6, 6.07) is 5.61. The third-order valence-corrected chi connectivity index (χ3v) is 4.01. The molecule has 6 heteroatoms. The van der Waals surface area contributed by atoms with E-state index in [1.165, 1.54) is 0 Å². The van der Waals surface area contributed by atoms with Gasteiger partial charge in [0.2, 0.25) is 5.89 Å². The Bertz CT molecular complexity index is 663. The maximum absolute atomic E-state index is 5.87. The third kappa shape index (κ3) is 3.48. The fourth-order valence-corrected chi connectivity index (χ4v) is 2.64. The van der Waals surface area contributed by atoms with Gasteiger partial charge in [0.1, 0.15) is 17.3 Å². The maximum Gasteiger partial charge on any atom is 0.230 e. The lowest BCUT2D eigenvalue weighted by Crippen LogP contribution is -2.35. The number of aromatic nitrogens is 1. The van der Waals surface area contributed by atoms with E-state index >= 15 is 0 Å². The van der Waals surface area contributed by atoms with Gasteiger partial charge >= 0.3 is 0 Å². The second kappa shape index (κ2) is 7.02. The third-order valence-electron chi connectivity index (χ3n) is 4.01. The van der Waals surface area contributed by atoms with E-state index in [-0.39, 0.29) is 0 Å². The van der Waals surface area contributed by atoms with Crippen molar-refractivity contribution in [3.63, 3.8) is 0 Å². The van der Waals surface area contributed by atoms with Crippen molar-refractivity contribution in [2.24, 2.45) is 0 Å². The largest absolute Gasteiger partial charge is 0.497 e. The molecule has 3 rings (SSSR count).